The van der Waals surface area contributed by atoms with Crippen LogP contribution in [0.25, 0.3) is 11.0 Å². The zero-order chi connectivity index (χ0) is 20.8. The highest BCUT2D eigenvalue weighted by Gasteiger charge is 2.44. The van der Waals surface area contributed by atoms with Crippen LogP contribution in [-0.2, 0) is 4.74 Å². The Morgan fingerprint density at radius 2 is 2.07 bits per heavy atom. The highest BCUT2D eigenvalue weighted by Crippen LogP contribution is 2.39. The minimum absolute atomic E-state index is 0.00456. The lowest BCUT2D eigenvalue weighted by molar-refractivity contribution is 0.0486. The molecule has 0 bridgehead atoms. The Balaban J connectivity index is 1.71. The van der Waals surface area contributed by atoms with Crippen molar-refractivity contribution in [2.45, 2.75) is 25.0 Å². The van der Waals surface area contributed by atoms with Gasteiger partial charge in [0, 0.05) is 13.2 Å². The molecule has 7 heteroatoms. The predicted molar refractivity (Wildman–Crippen MR) is 107 cm³/mol. The van der Waals surface area contributed by atoms with Crippen molar-refractivity contribution in [2.24, 2.45) is 0 Å². The molecule has 1 aromatic heterocycles. The van der Waals surface area contributed by atoms with Gasteiger partial charge in [0.25, 0.3) is 5.91 Å². The van der Waals surface area contributed by atoms with E-state index in [0.717, 1.165) is 24.5 Å². The smallest absolute Gasteiger partial charge is 0.291 e. The Bertz CT molecular complexity index is 1200. The van der Waals surface area contributed by atoms with Crippen LogP contribution < -0.4 is 10.2 Å². The number of halogens is 1. The quantitative estimate of drug-likeness (QED) is 0.658. The molecular formula is C23H20FNO5. The third-order valence-electron chi connectivity index (χ3n) is 5.76. The molecule has 2 atom stereocenters. The Morgan fingerprint density at radius 1 is 1.20 bits per heavy atom. The van der Waals surface area contributed by atoms with E-state index in [1.807, 2.05) is 12.1 Å². The van der Waals surface area contributed by atoms with Crippen LogP contribution in [0.5, 0.6) is 5.75 Å². The van der Waals surface area contributed by atoms with Gasteiger partial charge in [-0.15, -0.1) is 0 Å². The lowest BCUT2D eigenvalue weighted by atomic mass is 9.98. The summed E-state index contributed by atoms with van der Waals surface area (Å²) < 4.78 is 30.7. The average Bonchev–Trinajstić information content (AvgIpc) is 3.36. The monoisotopic (exact) mass is 409 g/mol. The first kappa shape index (κ1) is 18.8. The average molecular weight is 409 g/mol. The predicted octanol–water partition coefficient (Wildman–Crippen LogP) is 3.66. The summed E-state index contributed by atoms with van der Waals surface area (Å²) >= 11 is 0. The molecule has 5 rings (SSSR count). The minimum atomic E-state index is -0.657. The van der Waals surface area contributed by atoms with Crippen LogP contribution in [0, 0.1) is 5.82 Å². The van der Waals surface area contributed by atoms with Gasteiger partial charge >= 0.3 is 0 Å². The molecule has 2 aliphatic rings. The standard InChI is InChI=1S/C23H20FNO5/c1-28-15-5-2-4-13(10-15)20-19-21(26)17-11-14(24)7-8-18(17)30-22(19)23(27)25(20)12-16-6-3-9-29-16/h2,4-5,7-8,10-11,16,20H,3,6,9,12H2,1H3/t16-,20-/m0/s1. The van der Waals surface area contributed by atoms with E-state index >= 15 is 0 Å². The summed E-state index contributed by atoms with van der Waals surface area (Å²) in [6, 6.07) is 10.3. The summed E-state index contributed by atoms with van der Waals surface area (Å²) in [6.45, 7) is 0.999. The van der Waals surface area contributed by atoms with Crippen LogP contribution in [0.3, 0.4) is 0 Å². The van der Waals surface area contributed by atoms with Gasteiger partial charge in [0.05, 0.1) is 30.2 Å². The van der Waals surface area contributed by atoms with E-state index in [-0.39, 0.29) is 34.3 Å². The zero-order valence-electron chi connectivity index (χ0n) is 16.4. The summed E-state index contributed by atoms with van der Waals surface area (Å²) in [5.74, 6) is -0.281. The molecule has 0 radical (unpaired) electrons. The van der Waals surface area contributed by atoms with Gasteiger partial charge < -0.3 is 18.8 Å². The van der Waals surface area contributed by atoms with Crippen molar-refractivity contribution in [3.8, 4) is 5.75 Å². The molecule has 3 heterocycles. The molecule has 0 spiro atoms. The number of nitrogens with zero attached hydrogens (tertiary/aromatic N) is 1. The van der Waals surface area contributed by atoms with E-state index in [1.165, 1.54) is 12.1 Å². The number of ether oxygens (including phenoxy) is 2. The number of methoxy groups -OCH3 is 1. The van der Waals surface area contributed by atoms with Crippen molar-refractivity contribution in [1.82, 2.24) is 4.90 Å². The van der Waals surface area contributed by atoms with Crippen molar-refractivity contribution in [3.05, 3.63) is 75.4 Å². The number of benzene rings is 2. The number of carbonyl (C=O) groups is 1. The lowest BCUT2D eigenvalue weighted by Crippen LogP contribution is -2.36. The van der Waals surface area contributed by atoms with Gasteiger partial charge in [0.2, 0.25) is 5.76 Å². The maximum absolute atomic E-state index is 13.8. The van der Waals surface area contributed by atoms with Crippen molar-refractivity contribution < 1.29 is 23.1 Å². The molecule has 0 unspecified atom stereocenters. The normalized spacial score (nSPS) is 20.7. The molecule has 0 aliphatic carbocycles. The van der Waals surface area contributed by atoms with E-state index in [2.05, 4.69) is 0 Å². The van der Waals surface area contributed by atoms with E-state index < -0.39 is 17.3 Å². The van der Waals surface area contributed by atoms with Crippen molar-refractivity contribution >= 4 is 16.9 Å². The number of hydrogen-bond acceptors (Lipinski definition) is 5. The Labute approximate surface area is 171 Å². The highest BCUT2D eigenvalue weighted by molar-refractivity contribution is 5.99. The number of rotatable bonds is 4. The summed E-state index contributed by atoms with van der Waals surface area (Å²) in [4.78, 5) is 28.3. The summed E-state index contributed by atoms with van der Waals surface area (Å²) in [7, 11) is 1.56. The molecule has 3 aromatic rings. The maximum Gasteiger partial charge on any atom is 0.291 e. The van der Waals surface area contributed by atoms with Gasteiger partial charge in [0.15, 0.2) is 5.43 Å². The molecule has 0 saturated carbocycles. The molecule has 2 aromatic carbocycles. The summed E-state index contributed by atoms with van der Waals surface area (Å²) in [5, 5.41) is 0.119. The Morgan fingerprint density at radius 3 is 2.83 bits per heavy atom. The lowest BCUT2D eigenvalue weighted by Gasteiger charge is -2.27. The molecule has 1 amide bonds. The second kappa shape index (κ2) is 7.25. The molecule has 0 N–H and O–H groups in total. The summed E-state index contributed by atoms with van der Waals surface area (Å²) in [5.41, 5.74) is 0.741. The maximum atomic E-state index is 13.8. The van der Waals surface area contributed by atoms with E-state index in [9.17, 15) is 14.0 Å². The van der Waals surface area contributed by atoms with Gasteiger partial charge in [-0.2, -0.15) is 0 Å². The minimum Gasteiger partial charge on any atom is -0.497 e. The second-order valence-electron chi connectivity index (χ2n) is 7.59. The molecule has 154 valence electrons. The third kappa shape index (κ3) is 2.97. The molecule has 6 nitrogen and oxygen atoms in total. The van der Waals surface area contributed by atoms with E-state index in [0.29, 0.717) is 18.9 Å². The first-order chi connectivity index (χ1) is 14.6. The fourth-order valence-corrected chi connectivity index (χ4v) is 4.35. The van der Waals surface area contributed by atoms with Gasteiger partial charge in [-0.25, -0.2) is 4.39 Å². The molecule has 2 aliphatic heterocycles. The molecular weight excluding hydrogens is 389 g/mol. The molecule has 30 heavy (non-hydrogen) atoms. The SMILES string of the molecule is COc1cccc([C@H]2c3c(oc4ccc(F)cc4c3=O)C(=O)N2C[C@@H]2CCCO2)c1. The van der Waals surface area contributed by atoms with Crippen molar-refractivity contribution in [3.63, 3.8) is 0 Å². The summed E-state index contributed by atoms with van der Waals surface area (Å²) in [6.07, 6.45) is 1.68. The number of amides is 1. The second-order valence-corrected chi connectivity index (χ2v) is 7.59. The van der Waals surface area contributed by atoms with Crippen LogP contribution in [0.4, 0.5) is 4.39 Å². The first-order valence-electron chi connectivity index (χ1n) is 9.89. The van der Waals surface area contributed by atoms with Crippen LogP contribution in [0.2, 0.25) is 0 Å². The van der Waals surface area contributed by atoms with Crippen LogP contribution in [-0.4, -0.2) is 37.2 Å². The number of fused-ring (bicyclic) bond motifs is 2. The number of hydrogen-bond donors (Lipinski definition) is 0. The van der Waals surface area contributed by atoms with Gasteiger partial charge in [0.1, 0.15) is 17.1 Å². The highest BCUT2D eigenvalue weighted by atomic mass is 19.1. The largest absolute Gasteiger partial charge is 0.497 e. The van der Waals surface area contributed by atoms with E-state index in [4.69, 9.17) is 13.9 Å². The molecule has 1 saturated heterocycles. The fourth-order valence-electron chi connectivity index (χ4n) is 4.35. The van der Waals surface area contributed by atoms with Crippen LogP contribution in [0.15, 0.2) is 51.7 Å². The Kier molecular flexibility index (Phi) is 4.55. The van der Waals surface area contributed by atoms with E-state index in [1.54, 1.807) is 24.1 Å². The van der Waals surface area contributed by atoms with Crippen molar-refractivity contribution in [1.29, 1.82) is 0 Å². The Hall–Kier alpha value is -3.19. The third-order valence-corrected chi connectivity index (χ3v) is 5.76. The van der Waals surface area contributed by atoms with Crippen LogP contribution in [0.1, 0.15) is 40.6 Å². The molecule has 1 fully saturated rings. The van der Waals surface area contributed by atoms with Gasteiger partial charge in [-0.3, -0.25) is 9.59 Å². The van der Waals surface area contributed by atoms with Gasteiger partial charge in [-0.05, 0) is 48.7 Å². The van der Waals surface area contributed by atoms with Crippen LogP contribution >= 0.6 is 0 Å². The van der Waals surface area contributed by atoms with Crippen molar-refractivity contribution in [2.75, 3.05) is 20.3 Å². The van der Waals surface area contributed by atoms with Gasteiger partial charge in [-0.1, -0.05) is 12.1 Å². The first-order valence-corrected chi connectivity index (χ1v) is 9.89. The zero-order valence-corrected chi connectivity index (χ0v) is 16.4. The fraction of sp³-hybridized carbons (Fsp3) is 0.304. The topological polar surface area (TPSA) is 69.0 Å². The number of carbonyl (C=O) groups excluding carboxylic acids is 1.